The van der Waals surface area contributed by atoms with Crippen molar-refractivity contribution in [2.75, 3.05) is 24.1 Å². The molecule has 2 atom stereocenters. The molecule has 1 aromatic carbocycles. The minimum absolute atomic E-state index is 0.0106. The standard InChI is InChI=1S/C19H18ClF4N5O3.C2H6/c1-9(19(22,23)24)29-15(25)10(7-26-29)16(30)28-6-2-5-18(8-28)13-12(27-17(31)32-18)4-3-11(20)14(13)21;1-2/h3-4,7,9H,2,5-6,8,25H2,1H3,(H,27,31);1-2H3/t9?,18-;/m0./s1. The Hall–Kier alpha value is -3.02. The first kappa shape index (κ1) is 25.6. The number of nitrogens with two attached hydrogens (primary N) is 1. The number of ether oxygens (including phenoxy) is 1. The van der Waals surface area contributed by atoms with Gasteiger partial charge in [0.2, 0.25) is 0 Å². The van der Waals surface area contributed by atoms with E-state index in [2.05, 4.69) is 10.4 Å². The van der Waals surface area contributed by atoms with E-state index in [0.29, 0.717) is 11.1 Å². The molecule has 2 aliphatic rings. The summed E-state index contributed by atoms with van der Waals surface area (Å²) < 4.78 is 60.1. The van der Waals surface area contributed by atoms with Gasteiger partial charge in [-0.25, -0.2) is 13.9 Å². The molecule has 8 nitrogen and oxygen atoms in total. The van der Waals surface area contributed by atoms with Crippen LogP contribution < -0.4 is 11.1 Å². The van der Waals surface area contributed by atoms with Crippen molar-refractivity contribution in [3.63, 3.8) is 0 Å². The average molecular weight is 506 g/mol. The Bertz CT molecular complexity index is 1110. The summed E-state index contributed by atoms with van der Waals surface area (Å²) in [5.41, 5.74) is 4.24. The molecular weight excluding hydrogens is 482 g/mol. The van der Waals surface area contributed by atoms with Crippen LogP contribution in [0.3, 0.4) is 0 Å². The van der Waals surface area contributed by atoms with Crippen molar-refractivity contribution < 1.29 is 31.9 Å². The van der Waals surface area contributed by atoms with Crippen LogP contribution in [-0.2, 0) is 10.3 Å². The zero-order valence-corrected chi connectivity index (χ0v) is 19.4. The maximum atomic E-state index is 15.0. The molecule has 0 saturated carbocycles. The fourth-order valence-corrected chi connectivity index (χ4v) is 4.26. The number of halogens is 5. The summed E-state index contributed by atoms with van der Waals surface area (Å²) in [7, 11) is 0. The maximum Gasteiger partial charge on any atom is 0.412 e. The number of carbonyl (C=O) groups excluding carboxylic acids is 2. The van der Waals surface area contributed by atoms with Gasteiger partial charge in [-0.2, -0.15) is 18.3 Å². The van der Waals surface area contributed by atoms with Gasteiger partial charge in [-0.05, 0) is 31.9 Å². The number of nitrogen functional groups attached to an aromatic ring is 1. The molecule has 1 aromatic heterocycles. The minimum atomic E-state index is -4.61. The number of likely N-dealkylation sites (tertiary alicyclic amines) is 1. The summed E-state index contributed by atoms with van der Waals surface area (Å²) >= 11 is 5.93. The monoisotopic (exact) mass is 505 g/mol. The Labute approximate surface area is 198 Å². The van der Waals surface area contributed by atoms with Crippen LogP contribution in [0.25, 0.3) is 0 Å². The Morgan fingerprint density at radius 3 is 2.68 bits per heavy atom. The third-order valence-corrected chi connectivity index (χ3v) is 6.01. The number of rotatable bonds is 2. The molecule has 3 heterocycles. The number of aromatic nitrogens is 2. The molecule has 0 aliphatic carbocycles. The number of hydrogen-bond donors (Lipinski definition) is 2. The third kappa shape index (κ3) is 4.38. The quantitative estimate of drug-likeness (QED) is 0.553. The van der Waals surface area contributed by atoms with Gasteiger partial charge >= 0.3 is 12.3 Å². The predicted octanol–water partition coefficient (Wildman–Crippen LogP) is 5.10. The summed E-state index contributed by atoms with van der Waals surface area (Å²) in [6.07, 6.45) is -3.92. The largest absolute Gasteiger partial charge is 0.436 e. The number of nitrogens with one attached hydrogen (secondary N) is 1. The van der Waals surface area contributed by atoms with Crippen LogP contribution in [0.4, 0.5) is 33.9 Å². The fourth-order valence-electron chi connectivity index (χ4n) is 4.10. The Balaban J connectivity index is 0.00000158. The molecule has 4 rings (SSSR count). The van der Waals surface area contributed by atoms with Crippen LogP contribution in [0, 0.1) is 5.82 Å². The summed E-state index contributed by atoms with van der Waals surface area (Å²) in [6, 6.07) is 0.687. The summed E-state index contributed by atoms with van der Waals surface area (Å²) in [6.45, 7) is 4.83. The fraction of sp³-hybridized carbons (Fsp3) is 0.476. The number of piperidine rings is 1. The van der Waals surface area contributed by atoms with Crippen molar-refractivity contribution >= 4 is 35.1 Å². The van der Waals surface area contributed by atoms with E-state index in [1.54, 1.807) is 0 Å². The van der Waals surface area contributed by atoms with Gasteiger partial charge in [0.1, 0.15) is 17.4 Å². The number of benzene rings is 1. The van der Waals surface area contributed by atoms with Gasteiger partial charge in [0.25, 0.3) is 5.91 Å². The van der Waals surface area contributed by atoms with Gasteiger partial charge in [0.05, 0.1) is 29.0 Å². The van der Waals surface area contributed by atoms with E-state index < -0.39 is 41.5 Å². The van der Waals surface area contributed by atoms with E-state index in [0.717, 1.165) is 13.1 Å². The number of anilines is 2. The van der Waals surface area contributed by atoms with Crippen molar-refractivity contribution in [1.82, 2.24) is 14.7 Å². The third-order valence-electron chi connectivity index (χ3n) is 5.72. The highest BCUT2D eigenvalue weighted by atomic mass is 35.5. The molecule has 186 valence electrons. The van der Waals surface area contributed by atoms with Crippen molar-refractivity contribution in [2.45, 2.75) is 51.4 Å². The lowest BCUT2D eigenvalue weighted by atomic mass is 9.83. The second-order valence-electron chi connectivity index (χ2n) is 7.73. The van der Waals surface area contributed by atoms with Crippen molar-refractivity contribution in [3.8, 4) is 0 Å². The van der Waals surface area contributed by atoms with Crippen LogP contribution in [0.15, 0.2) is 18.3 Å². The predicted molar refractivity (Wildman–Crippen MR) is 117 cm³/mol. The number of hydrogen-bond acceptors (Lipinski definition) is 5. The second-order valence-corrected chi connectivity index (χ2v) is 8.14. The van der Waals surface area contributed by atoms with E-state index in [1.807, 2.05) is 13.8 Å². The molecule has 2 aromatic rings. The number of amides is 2. The molecule has 3 N–H and O–H groups in total. The second kappa shape index (κ2) is 9.32. The number of fused-ring (bicyclic) bond motifs is 2. The minimum Gasteiger partial charge on any atom is -0.436 e. The summed E-state index contributed by atoms with van der Waals surface area (Å²) in [5, 5.41) is 5.86. The number of carbonyl (C=O) groups is 2. The highest BCUT2D eigenvalue weighted by molar-refractivity contribution is 6.31. The van der Waals surface area contributed by atoms with Crippen LogP contribution in [0.2, 0.25) is 5.02 Å². The van der Waals surface area contributed by atoms with Crippen LogP contribution >= 0.6 is 11.6 Å². The summed E-state index contributed by atoms with van der Waals surface area (Å²) in [4.78, 5) is 26.5. The van der Waals surface area contributed by atoms with E-state index in [9.17, 15) is 27.2 Å². The van der Waals surface area contributed by atoms with E-state index >= 15 is 0 Å². The average Bonchev–Trinajstić information content (AvgIpc) is 3.16. The highest BCUT2D eigenvalue weighted by Gasteiger charge is 2.49. The Morgan fingerprint density at radius 2 is 2.03 bits per heavy atom. The van der Waals surface area contributed by atoms with Crippen LogP contribution in [0.5, 0.6) is 0 Å². The van der Waals surface area contributed by atoms with E-state index in [1.165, 1.54) is 17.0 Å². The molecule has 1 fully saturated rings. The van der Waals surface area contributed by atoms with Crippen molar-refractivity contribution in [2.24, 2.45) is 0 Å². The number of nitrogens with zero attached hydrogens (tertiary/aromatic N) is 3. The maximum absolute atomic E-state index is 15.0. The molecule has 1 saturated heterocycles. The number of alkyl halides is 3. The molecule has 34 heavy (non-hydrogen) atoms. The molecule has 2 aliphatic heterocycles. The molecule has 2 amide bonds. The SMILES string of the molecule is CC.CC(n1ncc(C(=O)N2CCC[C@@]3(C2)OC(=O)Nc2ccc(Cl)c(F)c23)c1N)C(F)(F)F. The normalized spacial score (nSPS) is 20.6. The zero-order chi connectivity index (χ0) is 25.4. The van der Waals surface area contributed by atoms with Crippen LogP contribution in [-0.4, -0.2) is 45.9 Å². The topological polar surface area (TPSA) is 102 Å². The first-order chi connectivity index (χ1) is 15.9. The van der Waals surface area contributed by atoms with E-state index in [4.69, 9.17) is 22.1 Å². The lowest BCUT2D eigenvalue weighted by Gasteiger charge is -2.45. The Morgan fingerprint density at radius 1 is 1.35 bits per heavy atom. The molecule has 1 spiro atoms. The van der Waals surface area contributed by atoms with Crippen molar-refractivity contribution in [3.05, 3.63) is 40.3 Å². The lowest BCUT2D eigenvalue weighted by Crippen LogP contribution is -2.53. The highest BCUT2D eigenvalue weighted by Crippen LogP contribution is 2.45. The van der Waals surface area contributed by atoms with Gasteiger partial charge in [-0.15, -0.1) is 0 Å². The first-order valence-corrected chi connectivity index (χ1v) is 11.0. The molecule has 13 heteroatoms. The molecule has 0 radical (unpaired) electrons. The van der Waals surface area contributed by atoms with Crippen LogP contribution in [0.1, 0.15) is 55.6 Å². The first-order valence-electron chi connectivity index (χ1n) is 10.6. The summed E-state index contributed by atoms with van der Waals surface area (Å²) in [5.74, 6) is -1.94. The zero-order valence-electron chi connectivity index (χ0n) is 18.7. The Kier molecular flexibility index (Phi) is 7.02. The van der Waals surface area contributed by atoms with Gasteiger partial charge < -0.3 is 15.4 Å². The van der Waals surface area contributed by atoms with E-state index in [-0.39, 0.29) is 41.3 Å². The van der Waals surface area contributed by atoms with Gasteiger partial charge in [0, 0.05) is 6.54 Å². The molecular formula is C21H24ClF4N5O3. The van der Waals surface area contributed by atoms with Gasteiger partial charge in [-0.3, -0.25) is 10.1 Å². The smallest absolute Gasteiger partial charge is 0.412 e. The molecule has 1 unspecified atom stereocenters. The lowest BCUT2D eigenvalue weighted by molar-refractivity contribution is -0.164. The van der Waals surface area contributed by atoms with Gasteiger partial charge in [-0.1, -0.05) is 25.4 Å². The van der Waals surface area contributed by atoms with Crippen molar-refractivity contribution in [1.29, 1.82) is 0 Å². The molecule has 0 bridgehead atoms. The van der Waals surface area contributed by atoms with Gasteiger partial charge in [0.15, 0.2) is 11.4 Å².